The second-order valence-electron chi connectivity index (χ2n) is 11.6. The molecule has 5 aromatic carbocycles. The maximum Gasteiger partial charge on any atom is 0.270 e. The lowest BCUT2D eigenvalue weighted by molar-refractivity contribution is -0.120. The molecule has 2 heterocycles. The molecule has 5 nitrogen and oxygen atoms in total. The van der Waals surface area contributed by atoms with Crippen LogP contribution >= 0.6 is 23.8 Å². The molecule has 234 valence electrons. The number of aromatic nitrogens is 1. The molecule has 7 rings (SSSR count). The number of rotatable bonds is 6. The van der Waals surface area contributed by atoms with Gasteiger partial charge in [0.05, 0.1) is 22.8 Å². The van der Waals surface area contributed by atoms with Crippen molar-refractivity contribution in [3.63, 3.8) is 0 Å². The largest absolute Gasteiger partial charge is 0.309 e. The fraction of sp³-hybridized carbons (Fsp3) is 0.0488. The molecule has 0 aliphatic carbocycles. The molecule has 2 amide bonds. The predicted octanol–water partition coefficient (Wildman–Crippen LogP) is 9.83. The lowest BCUT2D eigenvalue weighted by Gasteiger charge is -2.36. The van der Waals surface area contributed by atoms with Crippen LogP contribution < -0.4 is 9.80 Å². The number of nitrogens with zero attached hydrogens (tertiary/aromatic N) is 3. The Labute approximate surface area is 289 Å². The third-order valence-corrected chi connectivity index (χ3v) is 9.16. The SMILES string of the molecule is Cc1ccc(N2C(=O)C(=Cc3cc(-c4ccccc4)n(-c4ccc(Cl)cc4)c3-c3ccccc3)C(=O)N(c3ccccc3)C2=S)cc1C. The third kappa shape index (κ3) is 5.66. The second-order valence-corrected chi connectivity index (χ2v) is 12.4. The van der Waals surface area contributed by atoms with Gasteiger partial charge in [-0.3, -0.25) is 19.4 Å². The summed E-state index contributed by atoms with van der Waals surface area (Å²) in [7, 11) is 0. The number of hydrogen-bond donors (Lipinski definition) is 0. The number of anilines is 2. The van der Waals surface area contributed by atoms with Crippen LogP contribution in [0.2, 0.25) is 5.02 Å². The van der Waals surface area contributed by atoms with Gasteiger partial charge in [-0.2, -0.15) is 0 Å². The van der Waals surface area contributed by atoms with Crippen LogP contribution in [0.3, 0.4) is 0 Å². The van der Waals surface area contributed by atoms with Crippen molar-refractivity contribution in [2.45, 2.75) is 13.8 Å². The van der Waals surface area contributed by atoms with Gasteiger partial charge in [0.15, 0.2) is 5.11 Å². The van der Waals surface area contributed by atoms with Gasteiger partial charge in [-0.15, -0.1) is 0 Å². The fourth-order valence-electron chi connectivity index (χ4n) is 5.99. The molecule has 48 heavy (non-hydrogen) atoms. The van der Waals surface area contributed by atoms with E-state index in [1.807, 2.05) is 153 Å². The van der Waals surface area contributed by atoms with Crippen molar-refractivity contribution in [3.8, 4) is 28.2 Å². The summed E-state index contributed by atoms with van der Waals surface area (Å²) in [6.07, 6.45) is 1.71. The first-order valence-corrected chi connectivity index (χ1v) is 16.3. The Morgan fingerprint density at radius 1 is 0.583 bits per heavy atom. The van der Waals surface area contributed by atoms with E-state index >= 15 is 0 Å². The van der Waals surface area contributed by atoms with E-state index in [-0.39, 0.29) is 10.7 Å². The topological polar surface area (TPSA) is 45.6 Å². The minimum atomic E-state index is -0.490. The van der Waals surface area contributed by atoms with Crippen LogP contribution in [-0.4, -0.2) is 21.5 Å². The highest BCUT2D eigenvalue weighted by atomic mass is 35.5. The van der Waals surface area contributed by atoms with Gasteiger partial charge in [0.25, 0.3) is 11.8 Å². The van der Waals surface area contributed by atoms with Crippen molar-refractivity contribution in [1.82, 2.24) is 4.57 Å². The summed E-state index contributed by atoms with van der Waals surface area (Å²) in [6, 6.07) is 44.6. The highest BCUT2D eigenvalue weighted by molar-refractivity contribution is 7.81. The highest BCUT2D eigenvalue weighted by Crippen LogP contribution is 2.39. The van der Waals surface area contributed by atoms with E-state index in [0.29, 0.717) is 22.0 Å². The lowest BCUT2D eigenvalue weighted by atomic mass is 10.0. The zero-order valence-corrected chi connectivity index (χ0v) is 27.9. The molecule has 0 atom stereocenters. The number of benzene rings is 5. The van der Waals surface area contributed by atoms with E-state index in [2.05, 4.69) is 4.57 Å². The summed E-state index contributed by atoms with van der Waals surface area (Å²) < 4.78 is 2.14. The molecule has 7 heteroatoms. The molecule has 0 bridgehead atoms. The van der Waals surface area contributed by atoms with Crippen LogP contribution in [0.5, 0.6) is 0 Å². The standard InChI is InChI=1S/C41H30ClN3O2S/c1-27-18-21-35(24-28(27)2)45-40(47)36(39(46)44(41(45)48)33-16-10-5-11-17-33)25-31-26-37(29-12-6-3-7-13-29)43(34-22-19-32(42)20-23-34)38(31)30-14-8-4-9-15-30/h3-26H,1-2H3. The molecule has 0 unspecified atom stereocenters. The van der Waals surface area contributed by atoms with E-state index in [4.69, 9.17) is 23.8 Å². The molecular formula is C41H30ClN3O2S. The monoisotopic (exact) mass is 663 g/mol. The summed E-state index contributed by atoms with van der Waals surface area (Å²) in [6.45, 7) is 4.01. The van der Waals surface area contributed by atoms with Gasteiger partial charge in [-0.1, -0.05) is 96.5 Å². The van der Waals surface area contributed by atoms with E-state index in [0.717, 1.165) is 39.3 Å². The lowest BCUT2D eigenvalue weighted by Crippen LogP contribution is -2.57. The summed E-state index contributed by atoms with van der Waals surface area (Å²) in [4.78, 5) is 31.9. The van der Waals surface area contributed by atoms with Gasteiger partial charge in [0.1, 0.15) is 5.57 Å². The zero-order chi connectivity index (χ0) is 33.4. The predicted molar refractivity (Wildman–Crippen MR) is 200 cm³/mol. The number of hydrogen-bond acceptors (Lipinski definition) is 3. The molecule has 0 spiro atoms. The molecule has 0 N–H and O–H groups in total. The van der Waals surface area contributed by atoms with Crippen LogP contribution in [0.15, 0.2) is 145 Å². The Morgan fingerprint density at radius 2 is 1.12 bits per heavy atom. The minimum Gasteiger partial charge on any atom is -0.309 e. The zero-order valence-electron chi connectivity index (χ0n) is 26.3. The summed E-state index contributed by atoms with van der Waals surface area (Å²) in [5.74, 6) is -0.976. The Kier molecular flexibility index (Phi) is 8.36. The molecule has 0 radical (unpaired) electrons. The quantitative estimate of drug-likeness (QED) is 0.101. The first kappa shape index (κ1) is 31.1. The van der Waals surface area contributed by atoms with Gasteiger partial charge >= 0.3 is 0 Å². The minimum absolute atomic E-state index is 0.00395. The average Bonchev–Trinajstić information content (AvgIpc) is 3.49. The van der Waals surface area contributed by atoms with Gasteiger partial charge in [-0.25, -0.2) is 0 Å². The van der Waals surface area contributed by atoms with E-state index in [1.54, 1.807) is 6.08 Å². The number of halogens is 1. The summed E-state index contributed by atoms with van der Waals surface area (Å²) >= 11 is 12.2. The maximum absolute atomic E-state index is 14.5. The highest BCUT2D eigenvalue weighted by Gasteiger charge is 2.41. The molecule has 6 aromatic rings. The van der Waals surface area contributed by atoms with Gasteiger partial charge in [0.2, 0.25) is 0 Å². The Bertz CT molecular complexity index is 2210. The fourth-order valence-corrected chi connectivity index (χ4v) is 6.50. The molecular weight excluding hydrogens is 634 g/mol. The van der Waals surface area contributed by atoms with Crippen molar-refractivity contribution in [2.24, 2.45) is 0 Å². The average molecular weight is 664 g/mol. The summed E-state index contributed by atoms with van der Waals surface area (Å²) in [5, 5.41) is 0.723. The molecule has 1 aliphatic heterocycles. The second kappa shape index (κ2) is 12.9. The van der Waals surface area contributed by atoms with E-state index in [1.165, 1.54) is 9.80 Å². The Balaban J connectivity index is 1.50. The molecule has 0 saturated carbocycles. The molecule has 1 fully saturated rings. The van der Waals surface area contributed by atoms with Crippen molar-refractivity contribution in [1.29, 1.82) is 0 Å². The Hall–Kier alpha value is -5.56. The Morgan fingerprint density at radius 3 is 1.73 bits per heavy atom. The third-order valence-electron chi connectivity index (χ3n) is 8.54. The van der Waals surface area contributed by atoms with Crippen molar-refractivity contribution in [3.05, 3.63) is 167 Å². The van der Waals surface area contributed by atoms with Crippen LogP contribution in [0.25, 0.3) is 34.3 Å². The van der Waals surface area contributed by atoms with Crippen molar-refractivity contribution >= 4 is 58.2 Å². The maximum atomic E-state index is 14.5. The van der Waals surface area contributed by atoms with Crippen molar-refractivity contribution in [2.75, 3.05) is 9.80 Å². The van der Waals surface area contributed by atoms with Gasteiger partial charge in [0, 0.05) is 16.3 Å². The molecule has 1 saturated heterocycles. The van der Waals surface area contributed by atoms with Crippen LogP contribution in [0.1, 0.15) is 16.7 Å². The van der Waals surface area contributed by atoms with Crippen molar-refractivity contribution < 1.29 is 9.59 Å². The first-order chi connectivity index (χ1) is 23.3. The number of carbonyl (C=O) groups is 2. The number of carbonyl (C=O) groups excluding carboxylic acids is 2. The molecule has 1 aliphatic rings. The number of para-hydroxylation sites is 1. The van der Waals surface area contributed by atoms with Crippen LogP contribution in [-0.2, 0) is 9.59 Å². The first-order valence-electron chi connectivity index (χ1n) is 15.5. The van der Waals surface area contributed by atoms with Crippen LogP contribution in [0.4, 0.5) is 11.4 Å². The number of amides is 2. The van der Waals surface area contributed by atoms with Gasteiger partial charge < -0.3 is 4.57 Å². The van der Waals surface area contributed by atoms with Crippen LogP contribution in [0, 0.1) is 13.8 Å². The summed E-state index contributed by atoms with van der Waals surface area (Å²) in [5.41, 5.74) is 8.45. The van der Waals surface area contributed by atoms with Gasteiger partial charge in [-0.05, 0) is 109 Å². The number of aryl methyl sites for hydroxylation is 2. The smallest absolute Gasteiger partial charge is 0.270 e. The van der Waals surface area contributed by atoms with E-state index in [9.17, 15) is 9.59 Å². The molecule has 1 aromatic heterocycles. The van der Waals surface area contributed by atoms with E-state index < -0.39 is 11.8 Å². The number of thiocarbonyl (C=S) groups is 1. The normalized spacial score (nSPS) is 14.2.